The summed E-state index contributed by atoms with van der Waals surface area (Å²) in [7, 11) is 3.37. The molecule has 6 heteroatoms. The maximum absolute atomic E-state index is 5.34. The molecule has 0 saturated carbocycles. The Hall–Kier alpha value is -2.86. The molecule has 122 valence electrons. The molecule has 0 radical (unpaired) electrons. The quantitative estimate of drug-likeness (QED) is 0.591. The lowest BCUT2D eigenvalue weighted by atomic mass is 10.1. The van der Waals surface area contributed by atoms with Crippen molar-refractivity contribution >= 4 is 21.9 Å². The molecule has 2 N–H and O–H groups in total. The summed E-state index contributed by atoms with van der Waals surface area (Å²) < 4.78 is 10.5. The Balaban J connectivity index is 1.85. The number of hydrogen-bond donors (Lipinski definition) is 2. The van der Waals surface area contributed by atoms with Crippen LogP contribution in [0.25, 0.3) is 33.2 Å². The summed E-state index contributed by atoms with van der Waals surface area (Å²) in [6.07, 6.45) is 4.34. The lowest BCUT2D eigenvalue weighted by Gasteiger charge is -2.00. The Morgan fingerprint density at radius 2 is 2.00 bits per heavy atom. The minimum absolute atomic E-state index is 0.636. The van der Waals surface area contributed by atoms with Crippen molar-refractivity contribution in [3.05, 3.63) is 42.5 Å². The summed E-state index contributed by atoms with van der Waals surface area (Å²) in [5.41, 5.74) is 4.98. The second-order valence-corrected chi connectivity index (χ2v) is 5.62. The highest BCUT2D eigenvalue weighted by molar-refractivity contribution is 5.98. The van der Waals surface area contributed by atoms with E-state index in [4.69, 9.17) is 9.47 Å². The monoisotopic (exact) mass is 322 g/mol. The van der Waals surface area contributed by atoms with Crippen LogP contribution in [0.2, 0.25) is 0 Å². The molecule has 6 nitrogen and oxygen atoms in total. The first-order valence-corrected chi connectivity index (χ1v) is 7.77. The number of ether oxygens (including phenoxy) is 2. The zero-order valence-corrected chi connectivity index (χ0v) is 13.6. The van der Waals surface area contributed by atoms with Crippen molar-refractivity contribution in [2.24, 2.45) is 0 Å². The number of H-pyrrole nitrogens is 2. The first-order chi connectivity index (χ1) is 11.8. The van der Waals surface area contributed by atoms with Gasteiger partial charge in [0.15, 0.2) is 0 Å². The van der Waals surface area contributed by atoms with Crippen LogP contribution >= 0.6 is 0 Å². The Morgan fingerprint density at radius 1 is 1.08 bits per heavy atom. The van der Waals surface area contributed by atoms with Crippen LogP contribution in [0.1, 0.15) is 5.69 Å². The standard InChI is InChI=1S/C18H18N4O2/c1-23-6-5-16-13-8-17(22-18(13)21-10-20-16)14-9-19-15-4-3-11(24-2)7-12(14)15/h3-4,7-10,19H,5-6H2,1-2H3,(H,20,21,22). The van der Waals surface area contributed by atoms with Crippen molar-refractivity contribution in [2.45, 2.75) is 6.42 Å². The first kappa shape index (κ1) is 14.7. The Labute approximate surface area is 138 Å². The maximum Gasteiger partial charge on any atom is 0.141 e. The van der Waals surface area contributed by atoms with Gasteiger partial charge in [-0.3, -0.25) is 0 Å². The van der Waals surface area contributed by atoms with Gasteiger partial charge >= 0.3 is 0 Å². The summed E-state index contributed by atoms with van der Waals surface area (Å²) in [6.45, 7) is 0.636. The normalized spacial score (nSPS) is 11.4. The molecule has 3 heterocycles. The zero-order chi connectivity index (χ0) is 16.5. The van der Waals surface area contributed by atoms with Gasteiger partial charge in [-0.15, -0.1) is 0 Å². The Morgan fingerprint density at radius 3 is 2.83 bits per heavy atom. The molecule has 0 bridgehead atoms. The lowest BCUT2D eigenvalue weighted by Crippen LogP contribution is -1.98. The summed E-state index contributed by atoms with van der Waals surface area (Å²) >= 11 is 0. The molecule has 0 amide bonds. The number of aromatic amines is 2. The van der Waals surface area contributed by atoms with E-state index in [0.29, 0.717) is 6.61 Å². The molecule has 4 aromatic rings. The highest BCUT2D eigenvalue weighted by atomic mass is 16.5. The van der Waals surface area contributed by atoms with E-state index in [1.54, 1.807) is 20.5 Å². The molecule has 0 fully saturated rings. The second kappa shape index (κ2) is 5.98. The van der Waals surface area contributed by atoms with Crippen LogP contribution in [0.4, 0.5) is 0 Å². The van der Waals surface area contributed by atoms with E-state index in [9.17, 15) is 0 Å². The van der Waals surface area contributed by atoms with Crippen molar-refractivity contribution < 1.29 is 9.47 Å². The van der Waals surface area contributed by atoms with Gasteiger partial charge in [0.25, 0.3) is 0 Å². The van der Waals surface area contributed by atoms with Gasteiger partial charge in [0.2, 0.25) is 0 Å². The van der Waals surface area contributed by atoms with Crippen molar-refractivity contribution in [1.29, 1.82) is 0 Å². The van der Waals surface area contributed by atoms with E-state index in [0.717, 1.165) is 51.1 Å². The second-order valence-electron chi connectivity index (χ2n) is 5.62. The van der Waals surface area contributed by atoms with Crippen LogP contribution in [0.5, 0.6) is 5.75 Å². The van der Waals surface area contributed by atoms with Gasteiger partial charge in [0.05, 0.1) is 19.4 Å². The van der Waals surface area contributed by atoms with E-state index in [-0.39, 0.29) is 0 Å². The third kappa shape index (κ3) is 2.41. The molecule has 0 unspecified atom stereocenters. The van der Waals surface area contributed by atoms with Crippen LogP contribution < -0.4 is 4.74 Å². The number of benzene rings is 1. The third-order valence-corrected chi connectivity index (χ3v) is 4.23. The minimum Gasteiger partial charge on any atom is -0.497 e. The van der Waals surface area contributed by atoms with Gasteiger partial charge < -0.3 is 19.4 Å². The van der Waals surface area contributed by atoms with E-state index in [1.165, 1.54) is 0 Å². The van der Waals surface area contributed by atoms with Gasteiger partial charge in [0.1, 0.15) is 17.7 Å². The third-order valence-electron chi connectivity index (χ3n) is 4.23. The molecule has 0 atom stereocenters. The topological polar surface area (TPSA) is 75.8 Å². The summed E-state index contributed by atoms with van der Waals surface area (Å²) in [4.78, 5) is 15.4. The minimum atomic E-state index is 0.636. The van der Waals surface area contributed by atoms with E-state index in [2.05, 4.69) is 26.0 Å². The predicted molar refractivity (Wildman–Crippen MR) is 93.3 cm³/mol. The Bertz CT molecular complexity index is 1000. The van der Waals surface area contributed by atoms with Gasteiger partial charge in [-0.05, 0) is 24.3 Å². The summed E-state index contributed by atoms with van der Waals surface area (Å²) in [5, 5.41) is 2.13. The fraction of sp³-hybridized carbons (Fsp3) is 0.222. The van der Waals surface area contributed by atoms with E-state index >= 15 is 0 Å². The van der Waals surface area contributed by atoms with Crippen molar-refractivity contribution in [3.8, 4) is 17.0 Å². The first-order valence-electron chi connectivity index (χ1n) is 7.77. The highest BCUT2D eigenvalue weighted by Crippen LogP contribution is 2.32. The number of nitrogens with one attached hydrogen (secondary N) is 2. The predicted octanol–water partition coefficient (Wildman–Crippen LogP) is 3.30. The fourth-order valence-electron chi connectivity index (χ4n) is 2.98. The molecule has 0 spiro atoms. The van der Waals surface area contributed by atoms with Gasteiger partial charge in [-0.2, -0.15) is 0 Å². The van der Waals surface area contributed by atoms with Crippen LogP contribution in [0.3, 0.4) is 0 Å². The molecule has 0 saturated heterocycles. The molecule has 0 aliphatic carbocycles. The number of aromatic nitrogens is 4. The molecular formula is C18H18N4O2. The molecule has 3 aromatic heterocycles. The van der Waals surface area contributed by atoms with Crippen LogP contribution in [-0.4, -0.2) is 40.8 Å². The molecule has 0 aliphatic rings. The fourth-order valence-corrected chi connectivity index (χ4v) is 2.98. The summed E-state index contributed by atoms with van der Waals surface area (Å²) in [5.74, 6) is 0.833. The number of rotatable bonds is 5. The number of nitrogens with zero attached hydrogens (tertiary/aromatic N) is 2. The highest BCUT2D eigenvalue weighted by Gasteiger charge is 2.13. The van der Waals surface area contributed by atoms with E-state index in [1.807, 2.05) is 24.4 Å². The zero-order valence-electron chi connectivity index (χ0n) is 13.6. The largest absolute Gasteiger partial charge is 0.497 e. The lowest BCUT2D eigenvalue weighted by molar-refractivity contribution is 0.201. The molecule has 24 heavy (non-hydrogen) atoms. The van der Waals surface area contributed by atoms with E-state index < -0.39 is 0 Å². The van der Waals surface area contributed by atoms with Gasteiger partial charge in [-0.25, -0.2) is 9.97 Å². The number of methoxy groups -OCH3 is 2. The van der Waals surface area contributed by atoms with Crippen LogP contribution in [-0.2, 0) is 11.2 Å². The number of hydrogen-bond acceptors (Lipinski definition) is 4. The Kier molecular flexibility index (Phi) is 3.66. The summed E-state index contributed by atoms with van der Waals surface area (Å²) in [6, 6.07) is 8.10. The number of fused-ring (bicyclic) bond motifs is 2. The molecular weight excluding hydrogens is 304 g/mol. The van der Waals surface area contributed by atoms with Crippen molar-refractivity contribution in [3.63, 3.8) is 0 Å². The van der Waals surface area contributed by atoms with Crippen LogP contribution in [0.15, 0.2) is 36.8 Å². The average molecular weight is 322 g/mol. The van der Waals surface area contributed by atoms with Crippen molar-refractivity contribution in [1.82, 2.24) is 19.9 Å². The molecule has 1 aromatic carbocycles. The SMILES string of the molecule is COCCc1ncnc2[nH]c(-c3c[nH]c4ccc(OC)cc34)cc12. The van der Waals surface area contributed by atoms with Crippen LogP contribution in [0, 0.1) is 0 Å². The van der Waals surface area contributed by atoms with Crippen molar-refractivity contribution in [2.75, 3.05) is 20.8 Å². The maximum atomic E-state index is 5.34. The molecule has 4 rings (SSSR count). The molecule has 0 aliphatic heterocycles. The average Bonchev–Trinajstić information content (AvgIpc) is 3.22. The van der Waals surface area contributed by atoms with Gasteiger partial charge in [0, 0.05) is 47.3 Å². The van der Waals surface area contributed by atoms with Gasteiger partial charge in [-0.1, -0.05) is 0 Å². The smallest absolute Gasteiger partial charge is 0.141 e.